The molecule has 4 aliphatic rings. The summed E-state index contributed by atoms with van der Waals surface area (Å²) in [4.78, 5) is 36.3. The summed E-state index contributed by atoms with van der Waals surface area (Å²) in [5.74, 6) is 0.915. The summed E-state index contributed by atoms with van der Waals surface area (Å²) in [7, 11) is 0. The van der Waals surface area contributed by atoms with E-state index >= 15 is 0 Å². The lowest BCUT2D eigenvalue weighted by Crippen LogP contribution is -2.53. The number of rotatable bonds is 2. The molecule has 0 bridgehead atoms. The van der Waals surface area contributed by atoms with Crippen LogP contribution >= 0.6 is 0 Å². The molecule has 0 N–H and O–H groups in total. The van der Waals surface area contributed by atoms with Gasteiger partial charge in [0.25, 0.3) is 0 Å². The van der Waals surface area contributed by atoms with Crippen LogP contribution in [0.15, 0.2) is 35.5 Å². The number of Topliss-reactive ketones (excluding diaryl/α,β-unsaturated/α-hetero) is 1. The molecule has 4 rings (SSSR count). The molecule has 0 heterocycles. The van der Waals surface area contributed by atoms with Crippen LogP contribution < -0.4 is 0 Å². The van der Waals surface area contributed by atoms with E-state index in [1.54, 1.807) is 12.2 Å². The van der Waals surface area contributed by atoms with E-state index in [-0.39, 0.29) is 28.5 Å². The molecule has 27 heavy (non-hydrogen) atoms. The van der Waals surface area contributed by atoms with Crippen molar-refractivity contribution >= 4 is 17.5 Å². The summed E-state index contributed by atoms with van der Waals surface area (Å²) >= 11 is 0. The van der Waals surface area contributed by atoms with Crippen LogP contribution in [0.25, 0.3) is 0 Å². The smallest absolute Gasteiger partial charge is 0.302 e. The molecule has 0 aromatic heterocycles. The number of ketones is 2. The number of hydrogen-bond donors (Lipinski definition) is 0. The van der Waals surface area contributed by atoms with Gasteiger partial charge in [-0.2, -0.15) is 0 Å². The molecular formula is C23H28O4. The normalized spacial score (nSPS) is 41.7. The van der Waals surface area contributed by atoms with Crippen LogP contribution in [0, 0.1) is 28.6 Å². The second kappa shape index (κ2) is 6.29. The van der Waals surface area contributed by atoms with Crippen LogP contribution in [0.2, 0.25) is 0 Å². The Balaban J connectivity index is 1.65. The topological polar surface area (TPSA) is 60.4 Å². The van der Waals surface area contributed by atoms with Crippen molar-refractivity contribution < 1.29 is 19.1 Å². The lowest BCUT2D eigenvalue weighted by molar-refractivity contribution is -0.140. The monoisotopic (exact) mass is 368 g/mol. The molecule has 5 atom stereocenters. The van der Waals surface area contributed by atoms with Gasteiger partial charge in [-0.25, -0.2) is 0 Å². The third-order valence-electron chi connectivity index (χ3n) is 7.72. The zero-order valence-corrected chi connectivity index (χ0v) is 16.4. The first kappa shape index (κ1) is 18.4. The number of carbonyl (C=O) groups is 3. The number of fused-ring (bicyclic) bond motifs is 5. The summed E-state index contributed by atoms with van der Waals surface area (Å²) in [6.45, 7) is 6.09. The Bertz CT molecular complexity index is 801. The Kier molecular flexibility index (Phi) is 4.28. The fraction of sp³-hybridized carbons (Fsp3) is 0.609. The second-order valence-electron chi connectivity index (χ2n) is 9.11. The maximum Gasteiger partial charge on any atom is 0.302 e. The standard InChI is InChI=1S/C23H28O4/c1-14(24)27-11-9-15-5-7-19-18-6-4-16-12-17(25)8-10-22(16,2)21(18)20(26)13-23(15,19)3/h8-10,12,18-19,21H,4-7,11,13H2,1-3H3/t18-,19-,21+,22-,23+/m0/s1. The van der Waals surface area contributed by atoms with E-state index in [1.165, 1.54) is 12.5 Å². The lowest BCUT2D eigenvalue weighted by atomic mass is 9.48. The quantitative estimate of drug-likeness (QED) is 0.547. The summed E-state index contributed by atoms with van der Waals surface area (Å²) in [5.41, 5.74) is 1.99. The number of ether oxygens (including phenoxy) is 1. The maximum atomic E-state index is 13.4. The minimum Gasteiger partial charge on any atom is -0.462 e. The van der Waals surface area contributed by atoms with Crippen LogP contribution in [-0.4, -0.2) is 24.1 Å². The van der Waals surface area contributed by atoms with Crippen LogP contribution in [0.4, 0.5) is 0 Å². The predicted octanol–water partition coefficient (Wildman–Crippen LogP) is 3.96. The molecular weight excluding hydrogens is 340 g/mol. The third kappa shape index (κ3) is 2.76. The summed E-state index contributed by atoms with van der Waals surface area (Å²) < 4.78 is 5.11. The van der Waals surface area contributed by atoms with Crippen LogP contribution in [0.3, 0.4) is 0 Å². The fourth-order valence-corrected chi connectivity index (χ4v) is 6.47. The molecule has 0 amide bonds. The van der Waals surface area contributed by atoms with E-state index < -0.39 is 0 Å². The minimum atomic E-state index is -0.306. The van der Waals surface area contributed by atoms with E-state index in [0.29, 0.717) is 30.6 Å². The Hall–Kier alpha value is -1.97. The summed E-state index contributed by atoms with van der Waals surface area (Å²) in [6.07, 6.45) is 11.9. The zero-order valence-electron chi connectivity index (χ0n) is 16.4. The van der Waals surface area contributed by atoms with Gasteiger partial charge in [0.05, 0.1) is 0 Å². The average Bonchev–Trinajstić information content (AvgIpc) is 2.91. The van der Waals surface area contributed by atoms with Gasteiger partial charge < -0.3 is 4.74 Å². The van der Waals surface area contributed by atoms with Crippen LogP contribution in [0.1, 0.15) is 52.9 Å². The Morgan fingerprint density at radius 2 is 2.04 bits per heavy atom. The Morgan fingerprint density at radius 3 is 2.78 bits per heavy atom. The lowest BCUT2D eigenvalue weighted by Gasteiger charge is -2.55. The Morgan fingerprint density at radius 1 is 1.26 bits per heavy atom. The second-order valence-corrected chi connectivity index (χ2v) is 9.11. The largest absolute Gasteiger partial charge is 0.462 e. The molecule has 0 saturated heterocycles. The molecule has 0 radical (unpaired) electrons. The molecule has 4 aliphatic carbocycles. The van der Waals surface area contributed by atoms with Gasteiger partial charge in [-0.15, -0.1) is 0 Å². The highest BCUT2D eigenvalue weighted by Crippen LogP contribution is 2.64. The highest BCUT2D eigenvalue weighted by Gasteiger charge is 2.60. The van der Waals surface area contributed by atoms with Gasteiger partial charge in [-0.3, -0.25) is 14.4 Å². The van der Waals surface area contributed by atoms with Crippen molar-refractivity contribution in [2.75, 3.05) is 6.61 Å². The molecule has 144 valence electrons. The highest BCUT2D eigenvalue weighted by atomic mass is 16.5. The molecule has 4 nitrogen and oxygen atoms in total. The maximum absolute atomic E-state index is 13.4. The predicted molar refractivity (Wildman–Crippen MR) is 102 cm³/mol. The molecule has 0 aromatic rings. The van der Waals surface area contributed by atoms with E-state index in [4.69, 9.17) is 4.74 Å². The number of hydrogen-bond acceptors (Lipinski definition) is 4. The van der Waals surface area contributed by atoms with Crippen molar-refractivity contribution in [1.82, 2.24) is 0 Å². The van der Waals surface area contributed by atoms with E-state index in [0.717, 1.165) is 31.3 Å². The first-order valence-corrected chi connectivity index (χ1v) is 10.1. The van der Waals surface area contributed by atoms with Crippen molar-refractivity contribution in [3.05, 3.63) is 35.5 Å². The molecule has 0 aliphatic heterocycles. The number of carbonyl (C=O) groups excluding carboxylic acids is 3. The molecule has 3 fully saturated rings. The van der Waals surface area contributed by atoms with Crippen LogP contribution in [0.5, 0.6) is 0 Å². The van der Waals surface area contributed by atoms with E-state index in [1.807, 2.05) is 12.2 Å². The average molecular weight is 368 g/mol. The fourth-order valence-electron chi connectivity index (χ4n) is 6.47. The third-order valence-corrected chi connectivity index (χ3v) is 7.72. The van der Waals surface area contributed by atoms with Crippen molar-refractivity contribution in [3.8, 4) is 0 Å². The van der Waals surface area contributed by atoms with Gasteiger partial charge >= 0.3 is 5.97 Å². The Labute approximate surface area is 160 Å². The van der Waals surface area contributed by atoms with Gasteiger partial charge in [0, 0.05) is 24.7 Å². The summed E-state index contributed by atoms with van der Waals surface area (Å²) in [5, 5.41) is 0. The summed E-state index contributed by atoms with van der Waals surface area (Å²) in [6, 6.07) is 0. The zero-order chi connectivity index (χ0) is 19.4. The van der Waals surface area contributed by atoms with Gasteiger partial charge in [0.1, 0.15) is 12.4 Å². The first-order chi connectivity index (χ1) is 12.8. The molecule has 0 aromatic carbocycles. The SMILES string of the molecule is CC(=O)OCC=C1CC[C@H]2[C@@H]3CCC4=CC(=O)C=C[C@]4(C)[C@H]3C(=O)C[C@]12C. The van der Waals surface area contributed by atoms with E-state index in [2.05, 4.69) is 13.8 Å². The van der Waals surface area contributed by atoms with Gasteiger partial charge in [-0.1, -0.05) is 31.1 Å². The molecule has 4 heteroatoms. The van der Waals surface area contributed by atoms with Crippen molar-refractivity contribution in [3.63, 3.8) is 0 Å². The van der Waals surface area contributed by atoms with Gasteiger partial charge in [0.15, 0.2) is 5.78 Å². The highest BCUT2D eigenvalue weighted by molar-refractivity contribution is 6.01. The van der Waals surface area contributed by atoms with Crippen molar-refractivity contribution in [2.45, 2.75) is 52.9 Å². The molecule has 0 spiro atoms. The number of allylic oxidation sites excluding steroid dienone is 5. The molecule has 3 saturated carbocycles. The first-order valence-electron chi connectivity index (χ1n) is 10.1. The van der Waals surface area contributed by atoms with E-state index in [9.17, 15) is 14.4 Å². The van der Waals surface area contributed by atoms with Gasteiger partial charge in [0.2, 0.25) is 0 Å². The minimum absolute atomic E-state index is 0.0206. The molecule has 0 unspecified atom stereocenters. The number of esters is 1. The van der Waals surface area contributed by atoms with Crippen molar-refractivity contribution in [1.29, 1.82) is 0 Å². The van der Waals surface area contributed by atoms with Gasteiger partial charge in [-0.05, 0) is 61.2 Å². The van der Waals surface area contributed by atoms with Crippen LogP contribution in [-0.2, 0) is 19.1 Å². The van der Waals surface area contributed by atoms with Crippen molar-refractivity contribution in [2.24, 2.45) is 28.6 Å².